The van der Waals surface area contributed by atoms with Crippen molar-refractivity contribution in [2.45, 2.75) is 49.2 Å². The highest BCUT2D eigenvalue weighted by Gasteiger charge is 2.26. The molecule has 1 aliphatic rings. The number of carbonyl (C=O) groups is 1. The molecule has 0 saturated carbocycles. The fourth-order valence-corrected chi connectivity index (χ4v) is 5.05. The summed E-state index contributed by atoms with van der Waals surface area (Å²) in [6.45, 7) is 2.38. The second-order valence-electron chi connectivity index (χ2n) is 8.13. The Labute approximate surface area is 196 Å². The van der Waals surface area contributed by atoms with Crippen molar-refractivity contribution in [1.29, 1.82) is 0 Å². The molecule has 1 amide bonds. The molecule has 0 saturated heterocycles. The van der Waals surface area contributed by atoms with Gasteiger partial charge in [0, 0.05) is 18.0 Å². The number of amides is 1. The zero-order valence-electron chi connectivity index (χ0n) is 18.3. The summed E-state index contributed by atoms with van der Waals surface area (Å²) in [6, 6.07) is 16.0. The summed E-state index contributed by atoms with van der Waals surface area (Å²) >= 11 is 1.40. The van der Waals surface area contributed by atoms with Crippen LogP contribution in [-0.2, 0) is 17.8 Å². The number of benzene rings is 1. The third-order valence-corrected chi connectivity index (χ3v) is 6.95. The van der Waals surface area contributed by atoms with E-state index >= 15 is 0 Å². The summed E-state index contributed by atoms with van der Waals surface area (Å²) in [5.74, 6) is 1.48. The van der Waals surface area contributed by atoms with E-state index in [0.29, 0.717) is 17.5 Å². The Hall–Kier alpha value is -3.39. The van der Waals surface area contributed by atoms with Gasteiger partial charge in [-0.3, -0.25) is 14.3 Å². The Morgan fingerprint density at radius 2 is 2.12 bits per heavy atom. The Kier molecular flexibility index (Phi) is 6.26. The van der Waals surface area contributed by atoms with Crippen LogP contribution in [-0.4, -0.2) is 30.9 Å². The van der Waals surface area contributed by atoms with E-state index in [9.17, 15) is 4.79 Å². The number of pyridine rings is 1. The van der Waals surface area contributed by atoms with Gasteiger partial charge in [0.05, 0.1) is 24.1 Å². The fourth-order valence-electron chi connectivity index (χ4n) is 4.19. The van der Waals surface area contributed by atoms with Crippen molar-refractivity contribution in [2.75, 3.05) is 0 Å². The Balaban J connectivity index is 1.35. The minimum atomic E-state index is -0.333. The van der Waals surface area contributed by atoms with Crippen LogP contribution in [0.5, 0.6) is 0 Å². The smallest absolute Gasteiger partial charge is 0.233 e. The van der Waals surface area contributed by atoms with Gasteiger partial charge in [-0.05, 0) is 61.6 Å². The maximum absolute atomic E-state index is 13.1. The SMILES string of the molecule is CC(Sc1nnc(-c2cccnc2)n1Cc1ccco1)C(=O)NC1CCCc2ccccc21. The van der Waals surface area contributed by atoms with E-state index in [1.807, 2.05) is 41.8 Å². The molecule has 7 nitrogen and oxygen atoms in total. The Morgan fingerprint density at radius 3 is 2.94 bits per heavy atom. The number of thioether (sulfide) groups is 1. The predicted molar refractivity (Wildman–Crippen MR) is 127 cm³/mol. The molecular weight excluding hydrogens is 434 g/mol. The molecule has 1 aliphatic carbocycles. The van der Waals surface area contributed by atoms with Gasteiger partial charge >= 0.3 is 0 Å². The van der Waals surface area contributed by atoms with Crippen molar-refractivity contribution < 1.29 is 9.21 Å². The molecule has 5 rings (SSSR count). The maximum atomic E-state index is 13.1. The molecule has 0 bridgehead atoms. The largest absolute Gasteiger partial charge is 0.467 e. The number of aryl methyl sites for hydroxylation is 1. The van der Waals surface area contributed by atoms with Gasteiger partial charge in [0.25, 0.3) is 0 Å². The summed E-state index contributed by atoms with van der Waals surface area (Å²) in [6.07, 6.45) is 8.24. The number of fused-ring (bicyclic) bond motifs is 1. The highest BCUT2D eigenvalue weighted by atomic mass is 32.2. The lowest BCUT2D eigenvalue weighted by molar-refractivity contribution is -0.121. The van der Waals surface area contributed by atoms with E-state index in [4.69, 9.17) is 4.42 Å². The van der Waals surface area contributed by atoms with E-state index in [1.54, 1.807) is 18.7 Å². The van der Waals surface area contributed by atoms with Crippen LogP contribution in [0.25, 0.3) is 11.4 Å². The van der Waals surface area contributed by atoms with Crippen LogP contribution in [0.4, 0.5) is 0 Å². The lowest BCUT2D eigenvalue weighted by atomic mass is 9.88. The average Bonchev–Trinajstić information content (AvgIpc) is 3.50. The summed E-state index contributed by atoms with van der Waals surface area (Å²) in [5, 5.41) is 12.4. The minimum absolute atomic E-state index is 0.00261. The summed E-state index contributed by atoms with van der Waals surface area (Å²) in [5.41, 5.74) is 3.42. The van der Waals surface area contributed by atoms with Crippen molar-refractivity contribution in [3.63, 3.8) is 0 Å². The zero-order valence-corrected chi connectivity index (χ0v) is 19.2. The standard InChI is InChI=1S/C25H25N5O2S/c1-17(24(31)27-22-12-4-8-18-7-2-3-11-21(18)22)33-25-29-28-23(19-9-5-13-26-15-19)30(25)16-20-10-6-14-32-20/h2-3,5-7,9-11,13-15,17,22H,4,8,12,16H2,1H3,(H,27,31). The van der Waals surface area contributed by atoms with Crippen molar-refractivity contribution in [3.05, 3.63) is 84.1 Å². The molecule has 2 unspecified atom stereocenters. The van der Waals surface area contributed by atoms with Gasteiger partial charge in [-0.25, -0.2) is 0 Å². The Morgan fingerprint density at radius 1 is 1.21 bits per heavy atom. The predicted octanol–water partition coefficient (Wildman–Crippen LogP) is 4.66. The van der Waals surface area contributed by atoms with Crippen LogP contribution in [0, 0.1) is 0 Å². The number of hydrogen-bond donors (Lipinski definition) is 1. The number of nitrogens with zero attached hydrogens (tertiary/aromatic N) is 4. The maximum Gasteiger partial charge on any atom is 0.233 e. The second-order valence-corrected chi connectivity index (χ2v) is 9.43. The normalized spacial score (nSPS) is 16.2. The van der Waals surface area contributed by atoms with Crippen LogP contribution in [0.15, 0.2) is 76.8 Å². The van der Waals surface area contributed by atoms with E-state index in [0.717, 1.165) is 30.6 Å². The van der Waals surface area contributed by atoms with Crippen LogP contribution in [0.1, 0.15) is 42.7 Å². The summed E-state index contributed by atoms with van der Waals surface area (Å²) in [4.78, 5) is 17.3. The molecule has 0 aliphatic heterocycles. The number of carbonyl (C=O) groups excluding carboxylic acids is 1. The van der Waals surface area contributed by atoms with Crippen molar-refractivity contribution in [3.8, 4) is 11.4 Å². The molecule has 168 valence electrons. The van der Waals surface area contributed by atoms with Gasteiger partial charge < -0.3 is 9.73 Å². The number of aromatic nitrogens is 4. The van der Waals surface area contributed by atoms with Crippen LogP contribution >= 0.6 is 11.8 Å². The second kappa shape index (κ2) is 9.62. The zero-order chi connectivity index (χ0) is 22.6. The first-order valence-corrected chi connectivity index (χ1v) is 12.0. The molecule has 8 heteroatoms. The highest BCUT2D eigenvalue weighted by Crippen LogP contribution is 2.31. The number of rotatable bonds is 7. The summed E-state index contributed by atoms with van der Waals surface area (Å²) in [7, 11) is 0. The first kappa shape index (κ1) is 21.5. The van der Waals surface area contributed by atoms with Crippen LogP contribution in [0.3, 0.4) is 0 Å². The van der Waals surface area contributed by atoms with Crippen LogP contribution in [0.2, 0.25) is 0 Å². The molecule has 4 aromatic rings. The van der Waals surface area contributed by atoms with Gasteiger partial charge in [-0.2, -0.15) is 0 Å². The highest BCUT2D eigenvalue weighted by molar-refractivity contribution is 8.00. The molecule has 0 radical (unpaired) electrons. The van der Waals surface area contributed by atoms with E-state index < -0.39 is 0 Å². The van der Waals surface area contributed by atoms with Gasteiger partial charge in [0.15, 0.2) is 11.0 Å². The van der Waals surface area contributed by atoms with Gasteiger partial charge in [-0.1, -0.05) is 36.0 Å². The minimum Gasteiger partial charge on any atom is -0.467 e. The molecule has 3 aromatic heterocycles. The van der Waals surface area contributed by atoms with E-state index in [2.05, 4.69) is 38.7 Å². The molecule has 33 heavy (non-hydrogen) atoms. The topological polar surface area (TPSA) is 85.8 Å². The molecule has 0 spiro atoms. The van der Waals surface area contributed by atoms with Crippen molar-refractivity contribution in [1.82, 2.24) is 25.1 Å². The van der Waals surface area contributed by atoms with E-state index in [-0.39, 0.29) is 17.2 Å². The number of hydrogen-bond acceptors (Lipinski definition) is 6. The summed E-state index contributed by atoms with van der Waals surface area (Å²) < 4.78 is 7.53. The molecule has 1 aromatic carbocycles. The van der Waals surface area contributed by atoms with Crippen LogP contribution < -0.4 is 5.32 Å². The quantitative estimate of drug-likeness (QED) is 0.405. The molecule has 1 N–H and O–H groups in total. The fraction of sp³-hybridized carbons (Fsp3) is 0.280. The Bertz CT molecular complexity index is 1220. The lowest BCUT2D eigenvalue weighted by Gasteiger charge is -2.27. The monoisotopic (exact) mass is 459 g/mol. The van der Waals surface area contributed by atoms with Gasteiger partial charge in [0.1, 0.15) is 5.76 Å². The number of nitrogens with one attached hydrogen (secondary N) is 1. The average molecular weight is 460 g/mol. The van der Waals surface area contributed by atoms with Gasteiger partial charge in [-0.15, -0.1) is 10.2 Å². The van der Waals surface area contributed by atoms with Gasteiger partial charge in [0.2, 0.25) is 5.91 Å². The first-order chi connectivity index (χ1) is 16.2. The molecule has 2 atom stereocenters. The third-order valence-electron chi connectivity index (χ3n) is 5.87. The number of furan rings is 1. The van der Waals surface area contributed by atoms with E-state index in [1.165, 1.54) is 22.9 Å². The third kappa shape index (κ3) is 4.71. The molecule has 0 fully saturated rings. The first-order valence-electron chi connectivity index (χ1n) is 11.1. The lowest BCUT2D eigenvalue weighted by Crippen LogP contribution is -2.36. The molecule has 3 heterocycles. The van der Waals surface area contributed by atoms with Crippen molar-refractivity contribution >= 4 is 17.7 Å². The molecular formula is C25H25N5O2S. The van der Waals surface area contributed by atoms with Crippen molar-refractivity contribution in [2.24, 2.45) is 0 Å².